The molecule has 0 heterocycles. The predicted octanol–water partition coefficient (Wildman–Crippen LogP) is 5.01. The number of hydrogen-bond donors (Lipinski definition) is 1. The first-order valence-electron chi connectivity index (χ1n) is 8.48. The Balaban J connectivity index is 2.50. The second-order valence-corrected chi connectivity index (χ2v) is 6.49. The first-order valence-corrected chi connectivity index (χ1v) is 8.48. The SMILES string of the molecule is CCCCCCOc1c(C)cc(CNCC(C)C)cc1C. The second-order valence-electron chi connectivity index (χ2n) is 6.49. The molecule has 0 aliphatic rings. The third-order valence-corrected chi connectivity index (χ3v) is 3.65. The number of unbranched alkanes of at least 4 members (excludes halogenated alkanes) is 3. The normalized spacial score (nSPS) is 11.1. The van der Waals surface area contributed by atoms with E-state index in [0.717, 1.165) is 31.9 Å². The van der Waals surface area contributed by atoms with Crippen molar-refractivity contribution in [3.05, 3.63) is 28.8 Å². The first-order chi connectivity index (χ1) is 10.0. The van der Waals surface area contributed by atoms with Gasteiger partial charge in [0.1, 0.15) is 5.75 Å². The molecular formula is C19H33NO. The lowest BCUT2D eigenvalue weighted by atomic mass is 10.1. The highest BCUT2D eigenvalue weighted by molar-refractivity contribution is 5.43. The molecule has 0 saturated heterocycles. The quantitative estimate of drug-likeness (QED) is 0.612. The summed E-state index contributed by atoms with van der Waals surface area (Å²) in [4.78, 5) is 0. The summed E-state index contributed by atoms with van der Waals surface area (Å²) in [5, 5.41) is 3.50. The number of benzene rings is 1. The van der Waals surface area contributed by atoms with Crippen molar-refractivity contribution >= 4 is 0 Å². The molecule has 0 aliphatic heterocycles. The van der Waals surface area contributed by atoms with Crippen molar-refractivity contribution in [2.24, 2.45) is 5.92 Å². The summed E-state index contributed by atoms with van der Waals surface area (Å²) in [5.74, 6) is 1.78. The molecule has 0 unspecified atom stereocenters. The average molecular weight is 291 g/mol. The van der Waals surface area contributed by atoms with Crippen LogP contribution in [0.3, 0.4) is 0 Å². The van der Waals surface area contributed by atoms with Crippen LogP contribution >= 0.6 is 0 Å². The maximum atomic E-state index is 5.99. The zero-order valence-corrected chi connectivity index (χ0v) is 14.6. The Morgan fingerprint density at radius 1 is 1.05 bits per heavy atom. The topological polar surface area (TPSA) is 21.3 Å². The van der Waals surface area contributed by atoms with Gasteiger partial charge in [-0.15, -0.1) is 0 Å². The van der Waals surface area contributed by atoms with Gasteiger partial charge in [0.2, 0.25) is 0 Å². The lowest BCUT2D eigenvalue weighted by molar-refractivity contribution is 0.301. The Hall–Kier alpha value is -1.02. The molecule has 0 aromatic heterocycles. The van der Waals surface area contributed by atoms with Gasteiger partial charge in [-0.05, 0) is 49.4 Å². The van der Waals surface area contributed by atoms with Crippen LogP contribution in [-0.2, 0) is 6.54 Å². The van der Waals surface area contributed by atoms with Crippen LogP contribution in [-0.4, -0.2) is 13.2 Å². The van der Waals surface area contributed by atoms with Gasteiger partial charge in [0.25, 0.3) is 0 Å². The smallest absolute Gasteiger partial charge is 0.125 e. The van der Waals surface area contributed by atoms with Crippen LogP contribution in [0.4, 0.5) is 0 Å². The van der Waals surface area contributed by atoms with E-state index in [2.05, 4.69) is 52.1 Å². The van der Waals surface area contributed by atoms with Gasteiger partial charge in [0.05, 0.1) is 6.61 Å². The highest BCUT2D eigenvalue weighted by atomic mass is 16.5. The molecule has 2 nitrogen and oxygen atoms in total. The van der Waals surface area contributed by atoms with Gasteiger partial charge >= 0.3 is 0 Å². The van der Waals surface area contributed by atoms with Crippen molar-refractivity contribution in [2.45, 2.75) is 66.8 Å². The van der Waals surface area contributed by atoms with Gasteiger partial charge in [-0.3, -0.25) is 0 Å². The minimum absolute atomic E-state index is 0.693. The molecule has 1 aromatic rings. The number of hydrogen-bond acceptors (Lipinski definition) is 2. The molecule has 0 saturated carbocycles. The van der Waals surface area contributed by atoms with Crippen molar-refractivity contribution in [1.29, 1.82) is 0 Å². The summed E-state index contributed by atoms with van der Waals surface area (Å²) in [7, 11) is 0. The maximum Gasteiger partial charge on any atom is 0.125 e. The molecule has 0 spiro atoms. The molecule has 2 heteroatoms. The largest absolute Gasteiger partial charge is 0.493 e. The third kappa shape index (κ3) is 6.99. The minimum Gasteiger partial charge on any atom is -0.493 e. The van der Waals surface area contributed by atoms with Crippen molar-refractivity contribution in [1.82, 2.24) is 5.32 Å². The van der Waals surface area contributed by atoms with Crippen molar-refractivity contribution in [2.75, 3.05) is 13.2 Å². The number of ether oxygens (including phenoxy) is 1. The molecule has 1 aromatic carbocycles. The fourth-order valence-corrected chi connectivity index (χ4v) is 2.58. The lowest BCUT2D eigenvalue weighted by Crippen LogP contribution is -2.19. The van der Waals surface area contributed by atoms with Gasteiger partial charge in [-0.1, -0.05) is 52.2 Å². The van der Waals surface area contributed by atoms with Gasteiger partial charge in [0, 0.05) is 6.54 Å². The van der Waals surface area contributed by atoms with Gasteiger partial charge in [-0.25, -0.2) is 0 Å². The van der Waals surface area contributed by atoms with E-state index < -0.39 is 0 Å². The van der Waals surface area contributed by atoms with E-state index in [1.165, 1.54) is 36.0 Å². The molecule has 0 bridgehead atoms. The molecule has 0 radical (unpaired) electrons. The Bertz CT molecular complexity index is 389. The van der Waals surface area contributed by atoms with Crippen LogP contribution in [0.1, 0.15) is 63.1 Å². The zero-order valence-electron chi connectivity index (χ0n) is 14.6. The molecule has 0 aliphatic carbocycles. The van der Waals surface area contributed by atoms with E-state index in [-0.39, 0.29) is 0 Å². The number of nitrogens with one attached hydrogen (secondary N) is 1. The fourth-order valence-electron chi connectivity index (χ4n) is 2.58. The van der Waals surface area contributed by atoms with Crippen LogP contribution < -0.4 is 10.1 Å². The predicted molar refractivity (Wildman–Crippen MR) is 92.1 cm³/mol. The van der Waals surface area contributed by atoms with Crippen molar-refractivity contribution in [3.8, 4) is 5.75 Å². The highest BCUT2D eigenvalue weighted by Crippen LogP contribution is 2.25. The fraction of sp³-hybridized carbons (Fsp3) is 0.684. The Labute approximate surface area is 131 Å². The molecule has 21 heavy (non-hydrogen) atoms. The molecular weight excluding hydrogens is 258 g/mol. The summed E-state index contributed by atoms with van der Waals surface area (Å²) in [6.45, 7) is 13.9. The Morgan fingerprint density at radius 3 is 2.29 bits per heavy atom. The van der Waals surface area contributed by atoms with Crippen molar-refractivity contribution in [3.63, 3.8) is 0 Å². The van der Waals surface area contributed by atoms with Gasteiger partial charge in [-0.2, -0.15) is 0 Å². The molecule has 1 rings (SSSR count). The third-order valence-electron chi connectivity index (χ3n) is 3.65. The van der Waals surface area contributed by atoms with E-state index in [0.29, 0.717) is 5.92 Å². The first kappa shape index (κ1) is 18.0. The number of rotatable bonds is 10. The van der Waals surface area contributed by atoms with Crippen LogP contribution in [0.5, 0.6) is 5.75 Å². The second kappa shape index (κ2) is 9.83. The van der Waals surface area contributed by atoms with Crippen molar-refractivity contribution < 1.29 is 4.74 Å². The van der Waals surface area contributed by atoms with Crippen LogP contribution in [0.15, 0.2) is 12.1 Å². The average Bonchev–Trinajstić information content (AvgIpc) is 2.40. The lowest BCUT2D eigenvalue weighted by Gasteiger charge is -2.15. The summed E-state index contributed by atoms with van der Waals surface area (Å²) >= 11 is 0. The van der Waals surface area contributed by atoms with Gasteiger partial charge in [0.15, 0.2) is 0 Å². The number of aryl methyl sites for hydroxylation is 2. The van der Waals surface area contributed by atoms with E-state index in [4.69, 9.17) is 4.74 Å². The zero-order chi connectivity index (χ0) is 15.7. The monoisotopic (exact) mass is 291 g/mol. The van der Waals surface area contributed by atoms with Crippen LogP contribution in [0.25, 0.3) is 0 Å². The summed E-state index contributed by atoms with van der Waals surface area (Å²) in [6, 6.07) is 4.50. The summed E-state index contributed by atoms with van der Waals surface area (Å²) in [6.07, 6.45) is 5.01. The minimum atomic E-state index is 0.693. The van der Waals surface area contributed by atoms with E-state index >= 15 is 0 Å². The highest BCUT2D eigenvalue weighted by Gasteiger charge is 2.06. The van der Waals surface area contributed by atoms with Gasteiger partial charge < -0.3 is 10.1 Å². The van der Waals surface area contributed by atoms with E-state index in [1.807, 2.05) is 0 Å². The summed E-state index contributed by atoms with van der Waals surface area (Å²) < 4.78 is 5.99. The standard InChI is InChI=1S/C19H33NO/c1-6-7-8-9-10-21-19-16(4)11-18(12-17(19)5)14-20-13-15(2)3/h11-12,15,20H,6-10,13-14H2,1-5H3. The molecule has 1 N–H and O–H groups in total. The van der Waals surface area contributed by atoms with Crippen LogP contribution in [0.2, 0.25) is 0 Å². The van der Waals surface area contributed by atoms with E-state index in [1.54, 1.807) is 0 Å². The maximum absolute atomic E-state index is 5.99. The van der Waals surface area contributed by atoms with E-state index in [9.17, 15) is 0 Å². The van der Waals surface area contributed by atoms with Crippen LogP contribution in [0, 0.1) is 19.8 Å². The Morgan fingerprint density at radius 2 is 1.71 bits per heavy atom. The molecule has 0 amide bonds. The Kier molecular flexibility index (Phi) is 8.44. The summed E-state index contributed by atoms with van der Waals surface area (Å²) in [5.41, 5.74) is 3.86. The molecule has 0 atom stereocenters. The molecule has 120 valence electrons. The molecule has 0 fully saturated rings.